The van der Waals surface area contributed by atoms with Crippen LogP contribution in [-0.2, 0) is 11.2 Å². The molecule has 1 aromatic carbocycles. The SMILES string of the molecule is C=CCN(CCc1ccccc1)C(=O)C(C)n1c(-c2cccs2)n[nH]c1=S. The molecule has 140 valence electrons. The van der Waals surface area contributed by atoms with Crippen molar-refractivity contribution in [2.75, 3.05) is 13.1 Å². The highest BCUT2D eigenvalue weighted by molar-refractivity contribution is 7.71. The molecular formula is C20H22N4OS2. The van der Waals surface area contributed by atoms with Crippen molar-refractivity contribution >= 4 is 29.5 Å². The van der Waals surface area contributed by atoms with E-state index in [2.05, 4.69) is 28.9 Å². The fourth-order valence-electron chi connectivity index (χ4n) is 2.97. The Bertz CT molecular complexity index is 944. The molecule has 2 heterocycles. The summed E-state index contributed by atoms with van der Waals surface area (Å²) in [6.07, 6.45) is 2.55. The molecular weight excluding hydrogens is 376 g/mol. The lowest BCUT2D eigenvalue weighted by Crippen LogP contribution is -2.38. The molecule has 0 saturated carbocycles. The van der Waals surface area contributed by atoms with Crippen LogP contribution in [0.25, 0.3) is 10.7 Å². The van der Waals surface area contributed by atoms with E-state index < -0.39 is 6.04 Å². The summed E-state index contributed by atoms with van der Waals surface area (Å²) in [6.45, 7) is 6.78. The minimum atomic E-state index is -0.455. The molecule has 0 saturated heterocycles. The molecule has 0 fully saturated rings. The Morgan fingerprint density at radius 1 is 1.37 bits per heavy atom. The average molecular weight is 399 g/mol. The zero-order valence-electron chi connectivity index (χ0n) is 15.2. The molecule has 1 amide bonds. The molecule has 3 aromatic rings. The highest BCUT2D eigenvalue weighted by Crippen LogP contribution is 2.26. The monoisotopic (exact) mass is 398 g/mol. The quantitative estimate of drug-likeness (QED) is 0.449. The number of nitrogens with one attached hydrogen (secondary N) is 1. The van der Waals surface area contributed by atoms with E-state index in [9.17, 15) is 4.79 Å². The second-order valence-corrected chi connectivity index (χ2v) is 7.52. The number of rotatable bonds is 8. The van der Waals surface area contributed by atoms with Crippen molar-refractivity contribution in [2.45, 2.75) is 19.4 Å². The fourth-order valence-corrected chi connectivity index (χ4v) is 3.97. The van der Waals surface area contributed by atoms with Crippen LogP contribution in [0.2, 0.25) is 0 Å². The third-order valence-electron chi connectivity index (χ3n) is 4.37. The summed E-state index contributed by atoms with van der Waals surface area (Å²) < 4.78 is 2.24. The van der Waals surface area contributed by atoms with E-state index in [1.807, 2.05) is 47.5 Å². The van der Waals surface area contributed by atoms with Crippen molar-refractivity contribution in [1.82, 2.24) is 19.7 Å². The topological polar surface area (TPSA) is 53.9 Å². The normalized spacial score (nSPS) is 11.9. The lowest BCUT2D eigenvalue weighted by Gasteiger charge is -2.25. The first kappa shape index (κ1) is 19.3. The van der Waals surface area contributed by atoms with Gasteiger partial charge in [-0.15, -0.1) is 17.9 Å². The Morgan fingerprint density at radius 2 is 2.15 bits per heavy atom. The second kappa shape index (κ2) is 8.92. The highest BCUT2D eigenvalue weighted by atomic mass is 32.1. The van der Waals surface area contributed by atoms with Crippen LogP contribution in [0.3, 0.4) is 0 Å². The first-order chi connectivity index (χ1) is 13.1. The van der Waals surface area contributed by atoms with Gasteiger partial charge in [-0.05, 0) is 42.6 Å². The van der Waals surface area contributed by atoms with Gasteiger partial charge in [0.05, 0.1) is 4.88 Å². The molecule has 27 heavy (non-hydrogen) atoms. The van der Waals surface area contributed by atoms with E-state index in [1.54, 1.807) is 22.0 Å². The molecule has 0 spiro atoms. The molecule has 7 heteroatoms. The zero-order valence-corrected chi connectivity index (χ0v) is 16.8. The van der Waals surface area contributed by atoms with Crippen LogP contribution in [-0.4, -0.2) is 38.7 Å². The first-order valence-corrected chi connectivity index (χ1v) is 10.0. The van der Waals surface area contributed by atoms with Gasteiger partial charge in [0.2, 0.25) is 5.91 Å². The van der Waals surface area contributed by atoms with Crippen molar-refractivity contribution < 1.29 is 4.79 Å². The molecule has 0 bridgehead atoms. The van der Waals surface area contributed by atoms with Gasteiger partial charge >= 0.3 is 0 Å². The van der Waals surface area contributed by atoms with Crippen LogP contribution < -0.4 is 0 Å². The van der Waals surface area contributed by atoms with Crippen molar-refractivity contribution in [1.29, 1.82) is 0 Å². The maximum absolute atomic E-state index is 13.2. The molecule has 1 unspecified atom stereocenters. The van der Waals surface area contributed by atoms with Crippen molar-refractivity contribution in [3.63, 3.8) is 0 Å². The number of hydrogen-bond acceptors (Lipinski definition) is 4. The van der Waals surface area contributed by atoms with Gasteiger partial charge in [0.15, 0.2) is 10.6 Å². The van der Waals surface area contributed by atoms with Gasteiger partial charge in [0, 0.05) is 13.1 Å². The minimum Gasteiger partial charge on any atom is -0.337 e. The molecule has 0 aliphatic carbocycles. The summed E-state index contributed by atoms with van der Waals surface area (Å²) in [5.41, 5.74) is 1.20. The van der Waals surface area contributed by atoms with Crippen molar-refractivity contribution in [3.05, 3.63) is 70.8 Å². The molecule has 1 atom stereocenters. The standard InChI is InChI=1S/C20H22N4OS2/c1-3-12-23(13-11-16-8-5-4-6-9-16)19(25)15(2)24-18(21-22-20(24)26)17-10-7-14-27-17/h3-10,14-15H,1,11-13H2,2H3,(H,22,26). The van der Waals surface area contributed by atoms with E-state index in [4.69, 9.17) is 12.2 Å². The summed E-state index contributed by atoms with van der Waals surface area (Å²) in [4.78, 5) is 16.0. The van der Waals surface area contributed by atoms with Crippen LogP contribution in [0.1, 0.15) is 18.5 Å². The van der Waals surface area contributed by atoms with Gasteiger partial charge in [-0.25, -0.2) is 0 Å². The third-order valence-corrected chi connectivity index (χ3v) is 5.52. The summed E-state index contributed by atoms with van der Waals surface area (Å²) in [6, 6.07) is 13.6. The van der Waals surface area contributed by atoms with E-state index in [-0.39, 0.29) is 5.91 Å². The van der Waals surface area contributed by atoms with Crippen molar-refractivity contribution in [2.24, 2.45) is 0 Å². The number of amides is 1. The van der Waals surface area contributed by atoms with Crippen molar-refractivity contribution in [3.8, 4) is 10.7 Å². The van der Waals surface area contributed by atoms with Crippen LogP contribution in [0.5, 0.6) is 0 Å². The van der Waals surface area contributed by atoms with Crippen LogP contribution in [0.15, 0.2) is 60.5 Å². The Labute approximate surface area is 168 Å². The maximum atomic E-state index is 13.2. The lowest BCUT2D eigenvalue weighted by molar-refractivity contribution is -0.133. The number of aromatic amines is 1. The van der Waals surface area contributed by atoms with E-state index >= 15 is 0 Å². The van der Waals surface area contributed by atoms with Crippen LogP contribution >= 0.6 is 23.6 Å². The first-order valence-electron chi connectivity index (χ1n) is 8.76. The summed E-state index contributed by atoms with van der Waals surface area (Å²) in [5, 5.41) is 9.13. The largest absolute Gasteiger partial charge is 0.337 e. The van der Waals surface area contributed by atoms with Crippen LogP contribution in [0.4, 0.5) is 0 Å². The number of hydrogen-bond donors (Lipinski definition) is 1. The molecule has 2 aromatic heterocycles. The van der Waals surface area contributed by atoms with Gasteiger partial charge in [-0.1, -0.05) is 42.5 Å². The highest BCUT2D eigenvalue weighted by Gasteiger charge is 2.25. The maximum Gasteiger partial charge on any atom is 0.245 e. The summed E-state index contributed by atoms with van der Waals surface area (Å²) in [5.74, 6) is 0.693. The van der Waals surface area contributed by atoms with E-state index in [1.165, 1.54) is 5.56 Å². The number of carbonyl (C=O) groups excluding carboxylic acids is 1. The molecule has 3 rings (SSSR count). The number of benzene rings is 1. The van der Waals surface area contributed by atoms with E-state index in [0.29, 0.717) is 23.7 Å². The van der Waals surface area contributed by atoms with E-state index in [0.717, 1.165) is 11.3 Å². The average Bonchev–Trinajstić information content (AvgIpc) is 3.34. The Balaban J connectivity index is 1.81. The Morgan fingerprint density at radius 3 is 2.81 bits per heavy atom. The van der Waals surface area contributed by atoms with Gasteiger partial charge in [-0.3, -0.25) is 14.5 Å². The van der Waals surface area contributed by atoms with Gasteiger partial charge in [-0.2, -0.15) is 5.10 Å². The number of carbonyl (C=O) groups is 1. The predicted molar refractivity (Wildman–Crippen MR) is 112 cm³/mol. The molecule has 0 aliphatic rings. The number of thiophene rings is 1. The van der Waals surface area contributed by atoms with Gasteiger partial charge in [0.1, 0.15) is 6.04 Å². The fraction of sp³-hybridized carbons (Fsp3) is 0.250. The predicted octanol–water partition coefficient (Wildman–Crippen LogP) is 4.49. The Hall–Kier alpha value is -2.51. The third kappa shape index (κ3) is 4.43. The molecule has 0 radical (unpaired) electrons. The second-order valence-electron chi connectivity index (χ2n) is 6.18. The molecule has 0 aliphatic heterocycles. The molecule has 1 N–H and O–H groups in total. The van der Waals surface area contributed by atoms with Gasteiger partial charge in [0.25, 0.3) is 0 Å². The van der Waals surface area contributed by atoms with Gasteiger partial charge < -0.3 is 4.90 Å². The van der Waals surface area contributed by atoms with Crippen LogP contribution in [0, 0.1) is 4.77 Å². The summed E-state index contributed by atoms with van der Waals surface area (Å²) in [7, 11) is 0. The lowest BCUT2D eigenvalue weighted by atomic mass is 10.1. The molecule has 5 nitrogen and oxygen atoms in total. The minimum absolute atomic E-state index is 0.00105. The smallest absolute Gasteiger partial charge is 0.245 e. The number of nitrogens with zero attached hydrogens (tertiary/aromatic N) is 3. The summed E-state index contributed by atoms with van der Waals surface area (Å²) >= 11 is 6.96. The number of aromatic nitrogens is 3. The Kier molecular flexibility index (Phi) is 6.36. The number of H-pyrrole nitrogens is 1. The zero-order chi connectivity index (χ0) is 19.2.